The van der Waals surface area contributed by atoms with Gasteiger partial charge in [0, 0.05) is 34.8 Å². The maximum absolute atomic E-state index is 10.1. The molecule has 2 rings (SSSR count). The van der Waals surface area contributed by atoms with E-state index >= 15 is 0 Å². The molecule has 2 saturated carbocycles. The first-order valence-electron chi connectivity index (χ1n) is 8.61. The van der Waals surface area contributed by atoms with Gasteiger partial charge in [-0.3, -0.25) is 9.05 Å². The van der Waals surface area contributed by atoms with E-state index in [4.69, 9.17) is 4.89 Å². The van der Waals surface area contributed by atoms with Gasteiger partial charge in [0.05, 0.1) is 11.3 Å². The van der Waals surface area contributed by atoms with Crippen molar-refractivity contribution in [2.45, 2.75) is 75.5 Å². The first kappa shape index (κ1) is 20.6. The zero-order valence-electron chi connectivity index (χ0n) is 14.8. The second-order valence-electron chi connectivity index (χ2n) is 7.05. The molecule has 0 radical (unpaired) electrons. The Morgan fingerprint density at radius 1 is 0.818 bits per heavy atom. The molecule has 0 spiro atoms. The summed E-state index contributed by atoms with van der Waals surface area (Å²) in [6, 6.07) is 0. The predicted octanol–water partition coefficient (Wildman–Crippen LogP) is 5.31. The minimum atomic E-state index is -3.65. The van der Waals surface area contributed by atoms with Gasteiger partial charge in [0.25, 0.3) is 0 Å². The molecule has 0 aliphatic heterocycles. The van der Waals surface area contributed by atoms with Crippen LogP contribution >= 0.6 is 15.1 Å². The number of hydrogen-bond donors (Lipinski definition) is 1. The van der Waals surface area contributed by atoms with Crippen LogP contribution < -0.4 is 0 Å². The van der Waals surface area contributed by atoms with Crippen LogP contribution in [0.15, 0.2) is 0 Å². The van der Waals surface area contributed by atoms with E-state index in [1.54, 1.807) is 25.7 Å². The van der Waals surface area contributed by atoms with E-state index in [-0.39, 0.29) is 0 Å². The fraction of sp³-hybridized carbons (Fsp3) is 1.00. The SMILES string of the molecule is COP(=O)(O)OC.C[P+](C)(C1CCCCC1)C1CCCCC1. The van der Waals surface area contributed by atoms with Gasteiger partial charge in [0.1, 0.15) is 0 Å². The highest BCUT2D eigenvalue weighted by Gasteiger charge is 2.44. The van der Waals surface area contributed by atoms with Gasteiger partial charge in [-0.15, -0.1) is 0 Å². The second kappa shape index (κ2) is 9.74. The van der Waals surface area contributed by atoms with Crippen molar-refractivity contribution < 1.29 is 18.5 Å². The van der Waals surface area contributed by atoms with E-state index in [0.717, 1.165) is 25.5 Å². The first-order chi connectivity index (χ1) is 10.3. The normalized spacial score (nSPS) is 22.0. The summed E-state index contributed by atoms with van der Waals surface area (Å²) in [5.74, 6) is 0. The Hall–Kier alpha value is 0.540. The highest BCUT2D eigenvalue weighted by atomic mass is 31.2. The molecule has 0 atom stereocenters. The van der Waals surface area contributed by atoms with Crippen molar-refractivity contribution in [3.8, 4) is 0 Å². The lowest BCUT2D eigenvalue weighted by Crippen LogP contribution is -2.26. The van der Waals surface area contributed by atoms with Gasteiger partial charge in [0.15, 0.2) is 0 Å². The van der Waals surface area contributed by atoms with Crippen molar-refractivity contribution in [2.24, 2.45) is 0 Å². The molecule has 0 saturated heterocycles. The van der Waals surface area contributed by atoms with Crippen LogP contribution in [0.25, 0.3) is 0 Å². The summed E-state index contributed by atoms with van der Waals surface area (Å²) in [5, 5.41) is 0. The van der Waals surface area contributed by atoms with Crippen molar-refractivity contribution >= 4 is 15.1 Å². The van der Waals surface area contributed by atoms with Gasteiger partial charge >= 0.3 is 7.82 Å². The molecule has 6 heteroatoms. The van der Waals surface area contributed by atoms with E-state index in [9.17, 15) is 4.57 Å². The molecule has 2 aliphatic rings. The van der Waals surface area contributed by atoms with Crippen LogP contribution in [0.1, 0.15) is 64.2 Å². The molecule has 0 aromatic carbocycles. The fourth-order valence-corrected chi connectivity index (χ4v) is 8.00. The van der Waals surface area contributed by atoms with Crippen LogP contribution in [0.3, 0.4) is 0 Å². The Balaban J connectivity index is 0.000000295. The Morgan fingerprint density at radius 3 is 1.36 bits per heavy atom. The molecule has 0 heterocycles. The van der Waals surface area contributed by atoms with Gasteiger partial charge in [-0.05, 0) is 51.4 Å². The number of rotatable bonds is 4. The molecule has 1 N–H and O–H groups in total. The Bertz CT molecular complexity index is 320. The maximum atomic E-state index is 10.1. The van der Waals surface area contributed by atoms with Crippen LogP contribution in [-0.4, -0.2) is 43.8 Å². The average molecular weight is 353 g/mol. The molecule has 22 heavy (non-hydrogen) atoms. The third kappa shape index (κ3) is 6.57. The number of hydrogen-bond acceptors (Lipinski definition) is 3. The summed E-state index contributed by atoms with van der Waals surface area (Å²) in [6.07, 6.45) is 15.4. The van der Waals surface area contributed by atoms with E-state index in [2.05, 4.69) is 22.4 Å². The zero-order chi connectivity index (χ0) is 16.6. The van der Waals surface area contributed by atoms with E-state index < -0.39 is 15.1 Å². The molecular weight excluding hydrogens is 318 g/mol. The van der Waals surface area contributed by atoms with E-state index in [1.807, 2.05) is 0 Å². The number of phosphoric ester groups is 1. The molecule has 4 nitrogen and oxygen atoms in total. The van der Waals surface area contributed by atoms with Crippen molar-refractivity contribution in [3.05, 3.63) is 0 Å². The summed E-state index contributed by atoms with van der Waals surface area (Å²) in [6.45, 7) is 5.36. The predicted molar refractivity (Wildman–Crippen MR) is 96.4 cm³/mol. The molecule has 0 unspecified atom stereocenters. The molecule has 2 fully saturated rings. The highest BCUT2D eigenvalue weighted by Crippen LogP contribution is 2.66. The lowest BCUT2D eigenvalue weighted by Gasteiger charge is -2.38. The van der Waals surface area contributed by atoms with Crippen LogP contribution in [0.2, 0.25) is 0 Å². The molecule has 0 amide bonds. The van der Waals surface area contributed by atoms with Gasteiger partial charge < -0.3 is 4.89 Å². The minimum Gasteiger partial charge on any atom is -0.303 e. The standard InChI is InChI=1S/C14H28P.C2H7O4P/c1-15(2,13-9-5-3-6-10-13)14-11-7-4-8-12-14;1-5-7(3,4)6-2/h13-14H,3-12H2,1-2H3;1-2H3,(H,3,4)/q+1;. The molecule has 132 valence electrons. The van der Waals surface area contributed by atoms with E-state index in [1.165, 1.54) is 38.5 Å². The minimum absolute atomic E-state index is 0.593. The van der Waals surface area contributed by atoms with E-state index in [0.29, 0.717) is 0 Å². The lowest BCUT2D eigenvalue weighted by molar-refractivity contribution is 0.204. The van der Waals surface area contributed by atoms with Crippen LogP contribution in [0, 0.1) is 0 Å². The molecule has 2 aliphatic carbocycles. The third-order valence-electron chi connectivity index (χ3n) is 5.49. The summed E-state index contributed by atoms with van der Waals surface area (Å²) >= 11 is 0. The summed E-state index contributed by atoms with van der Waals surface area (Å²) in [5.41, 5.74) is 2.30. The largest absolute Gasteiger partial charge is 0.471 e. The monoisotopic (exact) mass is 353 g/mol. The van der Waals surface area contributed by atoms with Gasteiger partial charge in [-0.1, -0.05) is 12.8 Å². The molecular formula is C16H35O4P2+. The quantitative estimate of drug-likeness (QED) is 0.696. The summed E-state index contributed by atoms with van der Waals surface area (Å²) < 4.78 is 18.0. The first-order valence-corrected chi connectivity index (χ1v) is 12.9. The van der Waals surface area contributed by atoms with Crippen molar-refractivity contribution in [3.63, 3.8) is 0 Å². The van der Waals surface area contributed by atoms with Gasteiger partial charge in [-0.25, -0.2) is 4.57 Å². The summed E-state index contributed by atoms with van der Waals surface area (Å²) in [7, 11) is -2.04. The Kier molecular flexibility index (Phi) is 9.12. The molecule has 0 bridgehead atoms. The Labute approximate surface area is 137 Å². The highest BCUT2D eigenvalue weighted by molar-refractivity contribution is 7.75. The zero-order valence-corrected chi connectivity index (χ0v) is 16.6. The van der Waals surface area contributed by atoms with Gasteiger partial charge in [0.2, 0.25) is 0 Å². The molecule has 0 aromatic rings. The van der Waals surface area contributed by atoms with Gasteiger partial charge in [-0.2, -0.15) is 0 Å². The lowest BCUT2D eigenvalue weighted by atomic mass is 9.99. The Morgan fingerprint density at radius 2 is 1.14 bits per heavy atom. The van der Waals surface area contributed by atoms with Crippen LogP contribution in [-0.2, 0) is 13.6 Å². The van der Waals surface area contributed by atoms with Crippen LogP contribution in [0.5, 0.6) is 0 Å². The number of phosphoric acid groups is 1. The van der Waals surface area contributed by atoms with Crippen molar-refractivity contribution in [2.75, 3.05) is 27.5 Å². The molecule has 0 aromatic heterocycles. The third-order valence-corrected chi connectivity index (χ3v) is 11.2. The maximum Gasteiger partial charge on any atom is 0.471 e. The summed E-state index contributed by atoms with van der Waals surface area (Å²) in [4.78, 5) is 8.24. The van der Waals surface area contributed by atoms with Crippen molar-refractivity contribution in [1.29, 1.82) is 0 Å². The fourth-order valence-electron chi connectivity index (χ4n) is 3.87. The average Bonchev–Trinajstić information content (AvgIpc) is 2.57. The van der Waals surface area contributed by atoms with Crippen molar-refractivity contribution in [1.82, 2.24) is 0 Å². The topological polar surface area (TPSA) is 55.8 Å². The van der Waals surface area contributed by atoms with Crippen LogP contribution in [0.4, 0.5) is 0 Å². The second-order valence-corrected chi connectivity index (χ2v) is 13.4. The smallest absolute Gasteiger partial charge is 0.303 e.